The van der Waals surface area contributed by atoms with Crippen molar-refractivity contribution in [2.45, 2.75) is 57.8 Å². The van der Waals surface area contributed by atoms with Gasteiger partial charge in [0.15, 0.2) is 0 Å². The fourth-order valence-corrected chi connectivity index (χ4v) is 8.08. The number of ether oxygens (including phenoxy) is 2. The molecule has 4 N–H and O–H groups in total. The van der Waals surface area contributed by atoms with Crippen LogP contribution in [-0.4, -0.2) is 86.8 Å². The molecule has 2 saturated heterocycles. The lowest BCUT2D eigenvalue weighted by molar-refractivity contribution is -0.134. The minimum Gasteiger partial charge on any atom is -0.488 e. The molecule has 3 aliphatic rings. The van der Waals surface area contributed by atoms with Gasteiger partial charge in [0.25, 0.3) is 0 Å². The number of nitrogens with zero attached hydrogens (tertiary/aromatic N) is 4. The van der Waals surface area contributed by atoms with Gasteiger partial charge in [0.2, 0.25) is 18.2 Å². The second-order valence-electron chi connectivity index (χ2n) is 14.0. The zero-order valence-electron chi connectivity index (χ0n) is 29.2. The van der Waals surface area contributed by atoms with E-state index in [1.54, 1.807) is 4.90 Å². The Labute approximate surface area is 299 Å². The van der Waals surface area contributed by atoms with E-state index in [0.717, 1.165) is 80.6 Å². The van der Waals surface area contributed by atoms with Crippen molar-refractivity contribution in [1.29, 1.82) is 0 Å². The number of imidazole rings is 2. The third-order valence-corrected chi connectivity index (χ3v) is 10.6. The van der Waals surface area contributed by atoms with E-state index < -0.39 is 6.09 Å². The van der Waals surface area contributed by atoms with Crippen molar-refractivity contribution in [2.24, 2.45) is 5.92 Å². The van der Waals surface area contributed by atoms with Gasteiger partial charge in [-0.15, -0.1) is 0 Å². The van der Waals surface area contributed by atoms with Crippen LogP contribution < -0.4 is 15.4 Å². The molecular formula is C38H40N8O6. The molecule has 8 rings (SSSR count). The second kappa shape index (κ2) is 13.3. The van der Waals surface area contributed by atoms with Crippen LogP contribution in [0.5, 0.6) is 5.75 Å². The Morgan fingerprint density at radius 2 is 1.87 bits per heavy atom. The molecule has 14 nitrogen and oxygen atoms in total. The van der Waals surface area contributed by atoms with Gasteiger partial charge in [0.05, 0.1) is 48.7 Å². The molecule has 52 heavy (non-hydrogen) atoms. The predicted molar refractivity (Wildman–Crippen MR) is 192 cm³/mol. The van der Waals surface area contributed by atoms with Crippen LogP contribution in [0.3, 0.4) is 0 Å². The third kappa shape index (κ3) is 5.87. The smallest absolute Gasteiger partial charge is 0.407 e. The van der Waals surface area contributed by atoms with Crippen LogP contribution in [0.4, 0.5) is 4.79 Å². The van der Waals surface area contributed by atoms with Crippen LogP contribution in [0.1, 0.15) is 62.4 Å². The molecule has 4 amide bonds. The first-order valence-corrected chi connectivity index (χ1v) is 17.6. The Kier molecular flexibility index (Phi) is 8.52. The molecule has 3 aliphatic heterocycles. The van der Waals surface area contributed by atoms with Crippen molar-refractivity contribution >= 4 is 46.1 Å². The van der Waals surface area contributed by atoms with E-state index in [4.69, 9.17) is 9.72 Å². The predicted octanol–water partition coefficient (Wildman–Crippen LogP) is 4.73. The molecule has 5 heterocycles. The highest BCUT2D eigenvalue weighted by molar-refractivity contribution is 6.07. The Morgan fingerprint density at radius 1 is 1.00 bits per heavy atom. The van der Waals surface area contributed by atoms with Crippen LogP contribution >= 0.6 is 0 Å². The van der Waals surface area contributed by atoms with E-state index in [2.05, 4.69) is 73.6 Å². The number of hydrogen-bond acceptors (Lipinski definition) is 8. The number of fused-ring (bicyclic) bond motifs is 6. The number of methoxy groups -OCH3 is 1. The van der Waals surface area contributed by atoms with Gasteiger partial charge in [-0.05, 0) is 78.4 Å². The van der Waals surface area contributed by atoms with Crippen LogP contribution in [-0.2, 0) is 25.7 Å². The highest BCUT2D eigenvalue weighted by atomic mass is 16.5. The number of rotatable bonds is 8. The van der Waals surface area contributed by atoms with Gasteiger partial charge in [-0.2, -0.15) is 0 Å². The molecule has 3 aromatic carbocycles. The van der Waals surface area contributed by atoms with Crippen molar-refractivity contribution in [1.82, 2.24) is 40.4 Å². The third-order valence-electron chi connectivity index (χ3n) is 10.6. The molecule has 4 atom stereocenters. The molecule has 2 unspecified atom stereocenters. The van der Waals surface area contributed by atoms with Crippen LogP contribution in [0.15, 0.2) is 48.7 Å². The maximum atomic E-state index is 13.1. The van der Waals surface area contributed by atoms with Crippen molar-refractivity contribution in [3.63, 3.8) is 0 Å². The van der Waals surface area contributed by atoms with Gasteiger partial charge in [-0.1, -0.05) is 25.1 Å². The zero-order chi connectivity index (χ0) is 36.1. The van der Waals surface area contributed by atoms with E-state index in [0.29, 0.717) is 25.4 Å². The summed E-state index contributed by atoms with van der Waals surface area (Å²) < 4.78 is 11.0. The van der Waals surface area contributed by atoms with Crippen molar-refractivity contribution in [2.75, 3.05) is 26.7 Å². The number of benzene rings is 3. The summed E-state index contributed by atoms with van der Waals surface area (Å²) in [6.45, 7) is 4.92. The van der Waals surface area contributed by atoms with Gasteiger partial charge in [-0.25, -0.2) is 14.8 Å². The molecule has 0 radical (unpaired) electrons. The fraction of sp³-hybridized carbons (Fsp3) is 0.368. The summed E-state index contributed by atoms with van der Waals surface area (Å²) in [6.07, 6.45) is 4.13. The Balaban J connectivity index is 1.05. The van der Waals surface area contributed by atoms with Crippen LogP contribution in [0.2, 0.25) is 0 Å². The highest BCUT2D eigenvalue weighted by Gasteiger charge is 2.38. The number of nitrogens with one attached hydrogen (secondary N) is 4. The first-order valence-electron chi connectivity index (χ1n) is 17.6. The van der Waals surface area contributed by atoms with Crippen LogP contribution in [0, 0.1) is 5.92 Å². The summed E-state index contributed by atoms with van der Waals surface area (Å²) in [5.74, 6) is 2.19. The zero-order valence-corrected chi connectivity index (χ0v) is 29.2. The van der Waals surface area contributed by atoms with E-state index in [1.165, 1.54) is 7.11 Å². The first-order chi connectivity index (χ1) is 25.2. The Morgan fingerprint density at radius 3 is 2.69 bits per heavy atom. The molecule has 0 spiro atoms. The lowest BCUT2D eigenvalue weighted by atomic mass is 9.92. The molecular weight excluding hydrogens is 664 g/mol. The monoisotopic (exact) mass is 704 g/mol. The van der Waals surface area contributed by atoms with E-state index in [9.17, 15) is 19.2 Å². The molecule has 2 aromatic heterocycles. The van der Waals surface area contributed by atoms with E-state index in [1.807, 2.05) is 24.1 Å². The maximum Gasteiger partial charge on any atom is 0.407 e. The maximum absolute atomic E-state index is 13.1. The number of H-pyrrole nitrogens is 2. The summed E-state index contributed by atoms with van der Waals surface area (Å²) in [4.78, 5) is 68.5. The number of carbonyl (C=O) groups excluding carboxylic acids is 4. The SMILES string of the molecule is COC(=O)NCC(=O)N1C[C@@H](C)CC1c1nc2c(ccc3cc4c(cc32)OCc2cc(-c3cnc(C5CC[C@H](C)N5C(=O)CNC=O)[nH]3)ccc2-4)[nH]1. The molecule has 0 bridgehead atoms. The minimum absolute atomic E-state index is 0.0349. The summed E-state index contributed by atoms with van der Waals surface area (Å²) in [5, 5.41) is 6.95. The standard InChI is InChI=1S/C38H40N8O6/c1-20-10-31(45(17-20)33(48)16-41-38(50)51-3)37-42-28-8-6-22-12-27-25-7-5-23(11-24(25)18-52-32(27)13-26(22)35(28)44-37)29-14-40-36(43-29)30-9-4-21(2)46(30)34(49)15-39-19-47/h5-8,11-14,19-21,30-31H,4,9-10,15-18H2,1-3H3,(H,39,47)(H,40,43)(H,41,50)(H,42,44)/t20-,21-,30?,31?/m0/s1. The van der Waals surface area contributed by atoms with Crippen molar-refractivity contribution < 1.29 is 28.7 Å². The summed E-state index contributed by atoms with van der Waals surface area (Å²) in [7, 11) is 1.27. The first kappa shape index (κ1) is 33.2. The molecule has 2 fully saturated rings. The highest BCUT2D eigenvalue weighted by Crippen LogP contribution is 2.43. The van der Waals surface area contributed by atoms with E-state index >= 15 is 0 Å². The Hall–Kier alpha value is -5.92. The average Bonchev–Trinajstić information content (AvgIpc) is 3.97. The topological polar surface area (TPSA) is 175 Å². The number of hydrogen-bond donors (Lipinski definition) is 4. The number of carbonyl (C=O) groups is 4. The van der Waals surface area contributed by atoms with Gasteiger partial charge < -0.3 is 39.9 Å². The number of alkyl carbamates (subject to hydrolysis) is 1. The molecule has 5 aromatic rings. The second-order valence-corrected chi connectivity index (χ2v) is 14.0. The summed E-state index contributed by atoms with van der Waals surface area (Å²) in [5.41, 5.74) is 6.65. The summed E-state index contributed by atoms with van der Waals surface area (Å²) >= 11 is 0. The normalized spacial score (nSPS) is 20.8. The van der Waals surface area contributed by atoms with Crippen molar-refractivity contribution in [3.8, 4) is 28.1 Å². The largest absolute Gasteiger partial charge is 0.488 e. The molecule has 0 aliphatic carbocycles. The average molecular weight is 705 g/mol. The van der Waals surface area contributed by atoms with Gasteiger partial charge in [0, 0.05) is 23.5 Å². The number of likely N-dealkylation sites (tertiary alicyclic amines) is 2. The van der Waals surface area contributed by atoms with Gasteiger partial charge >= 0.3 is 6.09 Å². The summed E-state index contributed by atoms with van der Waals surface area (Å²) in [6, 6.07) is 14.2. The molecule has 268 valence electrons. The number of aromatic nitrogens is 4. The van der Waals surface area contributed by atoms with Gasteiger partial charge in [-0.3, -0.25) is 14.4 Å². The lowest BCUT2D eigenvalue weighted by Gasteiger charge is -2.27. The quantitative estimate of drug-likeness (QED) is 0.168. The number of amides is 4. The van der Waals surface area contributed by atoms with Crippen LogP contribution in [0.25, 0.3) is 44.2 Å². The lowest BCUT2D eigenvalue weighted by Crippen LogP contribution is -2.41. The fourth-order valence-electron chi connectivity index (χ4n) is 8.08. The molecule has 0 saturated carbocycles. The van der Waals surface area contributed by atoms with Crippen molar-refractivity contribution in [3.05, 3.63) is 65.9 Å². The molecule has 14 heteroatoms. The number of aromatic amines is 2. The minimum atomic E-state index is -0.643. The van der Waals surface area contributed by atoms with E-state index in [-0.39, 0.29) is 48.9 Å². The van der Waals surface area contributed by atoms with Gasteiger partial charge in [0.1, 0.15) is 30.5 Å². The Bertz CT molecular complexity index is 2230.